The Hall–Kier alpha value is -1.36. The molecule has 1 aliphatic heterocycles. The Morgan fingerprint density at radius 2 is 2.30 bits per heavy atom. The fraction of sp³-hybridized carbons (Fsp3) is 0.600. The molecule has 2 amide bonds. The Morgan fingerprint density at radius 3 is 2.90 bits per heavy atom. The summed E-state index contributed by atoms with van der Waals surface area (Å²) in [4.78, 5) is 27.0. The Kier molecular flexibility index (Phi) is 5.17. The standard InChI is InChI=1S/C15H22N2O2S/c1-3-11-7-9-20-13(11)10-16-15(19)12(4-2)17-8-5-6-14(17)18/h7,9,12H,3-6,8,10H2,1-2H3,(H,16,19). The Bertz CT molecular complexity index is 484. The smallest absolute Gasteiger partial charge is 0.243 e. The summed E-state index contributed by atoms with van der Waals surface area (Å²) >= 11 is 1.67. The van der Waals surface area contributed by atoms with Crippen LogP contribution in [-0.4, -0.2) is 29.3 Å². The van der Waals surface area contributed by atoms with E-state index >= 15 is 0 Å². The van der Waals surface area contributed by atoms with Crippen molar-refractivity contribution in [2.24, 2.45) is 0 Å². The minimum Gasteiger partial charge on any atom is -0.349 e. The maximum absolute atomic E-state index is 12.3. The van der Waals surface area contributed by atoms with Gasteiger partial charge < -0.3 is 10.2 Å². The first kappa shape index (κ1) is 15.0. The third kappa shape index (κ3) is 3.20. The zero-order chi connectivity index (χ0) is 14.5. The van der Waals surface area contributed by atoms with E-state index in [0.717, 1.165) is 12.8 Å². The van der Waals surface area contributed by atoms with E-state index < -0.39 is 0 Å². The van der Waals surface area contributed by atoms with Crippen molar-refractivity contribution in [3.8, 4) is 0 Å². The lowest BCUT2D eigenvalue weighted by molar-refractivity contribution is -0.137. The number of rotatable bonds is 6. The molecule has 1 saturated heterocycles. The van der Waals surface area contributed by atoms with Crippen LogP contribution in [0.15, 0.2) is 11.4 Å². The van der Waals surface area contributed by atoms with E-state index in [1.807, 2.05) is 6.92 Å². The number of carbonyl (C=O) groups is 2. The molecule has 1 aliphatic rings. The molecule has 1 unspecified atom stereocenters. The van der Waals surface area contributed by atoms with Crippen molar-refractivity contribution in [3.05, 3.63) is 21.9 Å². The number of aryl methyl sites for hydroxylation is 1. The van der Waals surface area contributed by atoms with Gasteiger partial charge in [-0.2, -0.15) is 0 Å². The van der Waals surface area contributed by atoms with Crippen molar-refractivity contribution < 1.29 is 9.59 Å². The first-order valence-electron chi connectivity index (χ1n) is 7.29. The predicted octanol–water partition coefficient (Wildman–Crippen LogP) is 2.33. The van der Waals surface area contributed by atoms with Gasteiger partial charge in [0.15, 0.2) is 0 Å². The van der Waals surface area contributed by atoms with Gasteiger partial charge in [0.1, 0.15) is 6.04 Å². The minimum absolute atomic E-state index is 0.0294. The van der Waals surface area contributed by atoms with Crippen LogP contribution in [0.4, 0.5) is 0 Å². The van der Waals surface area contributed by atoms with Gasteiger partial charge in [-0.15, -0.1) is 11.3 Å². The highest BCUT2D eigenvalue weighted by Gasteiger charge is 2.31. The van der Waals surface area contributed by atoms with Crippen LogP contribution in [0, 0.1) is 0 Å². The van der Waals surface area contributed by atoms with Crippen LogP contribution in [0.5, 0.6) is 0 Å². The van der Waals surface area contributed by atoms with Gasteiger partial charge in [-0.1, -0.05) is 13.8 Å². The van der Waals surface area contributed by atoms with E-state index in [1.165, 1.54) is 10.4 Å². The van der Waals surface area contributed by atoms with Gasteiger partial charge in [0.2, 0.25) is 11.8 Å². The molecule has 1 fully saturated rings. The van der Waals surface area contributed by atoms with Crippen molar-refractivity contribution in [1.29, 1.82) is 0 Å². The first-order chi connectivity index (χ1) is 9.67. The molecule has 110 valence electrons. The quantitative estimate of drug-likeness (QED) is 0.875. The summed E-state index contributed by atoms with van der Waals surface area (Å²) in [5, 5.41) is 5.04. The summed E-state index contributed by atoms with van der Waals surface area (Å²) < 4.78 is 0. The van der Waals surface area contributed by atoms with Crippen molar-refractivity contribution in [2.45, 2.75) is 52.1 Å². The van der Waals surface area contributed by atoms with Crippen molar-refractivity contribution in [3.63, 3.8) is 0 Å². The van der Waals surface area contributed by atoms with Gasteiger partial charge in [0.25, 0.3) is 0 Å². The fourth-order valence-corrected chi connectivity index (χ4v) is 3.58. The summed E-state index contributed by atoms with van der Waals surface area (Å²) in [5.41, 5.74) is 1.29. The predicted molar refractivity (Wildman–Crippen MR) is 80.6 cm³/mol. The summed E-state index contributed by atoms with van der Waals surface area (Å²) in [5.74, 6) is 0.0792. The third-order valence-corrected chi connectivity index (χ3v) is 4.78. The molecule has 0 radical (unpaired) electrons. The molecular weight excluding hydrogens is 272 g/mol. The number of nitrogens with zero attached hydrogens (tertiary/aromatic N) is 1. The number of hydrogen-bond donors (Lipinski definition) is 1. The minimum atomic E-state index is -0.310. The Balaban J connectivity index is 1.94. The van der Waals surface area contributed by atoms with E-state index in [2.05, 4.69) is 23.7 Å². The van der Waals surface area contributed by atoms with Crippen LogP contribution in [-0.2, 0) is 22.6 Å². The number of likely N-dealkylation sites (tertiary alicyclic amines) is 1. The normalized spacial score (nSPS) is 16.5. The summed E-state index contributed by atoms with van der Waals surface area (Å²) in [6, 6.07) is 1.79. The summed E-state index contributed by atoms with van der Waals surface area (Å²) in [7, 11) is 0. The second-order valence-corrected chi connectivity index (χ2v) is 6.06. The molecule has 1 atom stereocenters. The molecule has 1 aromatic heterocycles. The van der Waals surface area contributed by atoms with Gasteiger partial charge in [0.05, 0.1) is 6.54 Å². The number of amides is 2. The van der Waals surface area contributed by atoms with E-state index in [9.17, 15) is 9.59 Å². The lowest BCUT2D eigenvalue weighted by Gasteiger charge is -2.25. The molecule has 0 bridgehead atoms. The zero-order valence-corrected chi connectivity index (χ0v) is 13.0. The Labute approximate surface area is 124 Å². The molecule has 5 heteroatoms. The van der Waals surface area contributed by atoms with E-state index in [0.29, 0.717) is 25.9 Å². The molecule has 0 saturated carbocycles. The second-order valence-electron chi connectivity index (χ2n) is 5.06. The van der Waals surface area contributed by atoms with E-state index in [1.54, 1.807) is 16.2 Å². The average molecular weight is 294 g/mol. The molecule has 4 nitrogen and oxygen atoms in total. The highest BCUT2D eigenvalue weighted by Crippen LogP contribution is 2.18. The van der Waals surface area contributed by atoms with Gasteiger partial charge in [-0.3, -0.25) is 9.59 Å². The van der Waals surface area contributed by atoms with Gasteiger partial charge in [-0.05, 0) is 36.3 Å². The van der Waals surface area contributed by atoms with Gasteiger partial charge in [0, 0.05) is 17.8 Å². The van der Waals surface area contributed by atoms with Gasteiger partial charge in [-0.25, -0.2) is 0 Å². The SMILES string of the molecule is CCc1ccsc1CNC(=O)C(CC)N1CCCC1=O. The van der Waals surface area contributed by atoms with Crippen LogP contribution in [0.1, 0.15) is 43.6 Å². The highest BCUT2D eigenvalue weighted by molar-refractivity contribution is 7.10. The van der Waals surface area contributed by atoms with Crippen LogP contribution < -0.4 is 5.32 Å². The van der Waals surface area contributed by atoms with Crippen molar-refractivity contribution in [2.75, 3.05) is 6.54 Å². The number of carbonyl (C=O) groups excluding carboxylic acids is 2. The van der Waals surface area contributed by atoms with Crippen molar-refractivity contribution in [1.82, 2.24) is 10.2 Å². The van der Waals surface area contributed by atoms with E-state index in [4.69, 9.17) is 0 Å². The van der Waals surface area contributed by atoms with Crippen LogP contribution >= 0.6 is 11.3 Å². The molecule has 0 aromatic carbocycles. The molecule has 1 N–H and O–H groups in total. The molecular formula is C15H22N2O2S. The topological polar surface area (TPSA) is 49.4 Å². The average Bonchev–Trinajstić information content (AvgIpc) is 3.06. The molecule has 2 heterocycles. The maximum atomic E-state index is 12.3. The highest BCUT2D eigenvalue weighted by atomic mass is 32.1. The number of nitrogens with one attached hydrogen (secondary N) is 1. The van der Waals surface area contributed by atoms with Crippen LogP contribution in [0.2, 0.25) is 0 Å². The number of hydrogen-bond acceptors (Lipinski definition) is 3. The van der Waals surface area contributed by atoms with Gasteiger partial charge >= 0.3 is 0 Å². The number of thiophene rings is 1. The molecule has 1 aromatic rings. The monoisotopic (exact) mass is 294 g/mol. The first-order valence-corrected chi connectivity index (χ1v) is 8.17. The largest absolute Gasteiger partial charge is 0.349 e. The van der Waals surface area contributed by atoms with E-state index in [-0.39, 0.29) is 17.9 Å². The van der Waals surface area contributed by atoms with Crippen LogP contribution in [0.25, 0.3) is 0 Å². The van der Waals surface area contributed by atoms with Crippen LogP contribution in [0.3, 0.4) is 0 Å². The Morgan fingerprint density at radius 1 is 1.50 bits per heavy atom. The molecule has 20 heavy (non-hydrogen) atoms. The lowest BCUT2D eigenvalue weighted by Crippen LogP contribution is -2.46. The fourth-order valence-electron chi connectivity index (χ4n) is 2.67. The maximum Gasteiger partial charge on any atom is 0.243 e. The van der Waals surface area contributed by atoms with Crippen molar-refractivity contribution >= 4 is 23.2 Å². The summed E-state index contributed by atoms with van der Waals surface area (Å²) in [6.07, 6.45) is 3.10. The second kappa shape index (κ2) is 6.88. The molecule has 2 rings (SSSR count). The lowest BCUT2D eigenvalue weighted by atomic mass is 10.1. The third-order valence-electron chi connectivity index (χ3n) is 3.82. The summed E-state index contributed by atoms with van der Waals surface area (Å²) in [6.45, 7) is 5.35. The zero-order valence-electron chi connectivity index (χ0n) is 12.1. The molecule has 0 aliphatic carbocycles. The molecule has 0 spiro atoms.